The van der Waals surface area contributed by atoms with Gasteiger partial charge in [-0.25, -0.2) is 0 Å². The Balaban J connectivity index is 2.34. The Labute approximate surface area is 118 Å². The molecule has 0 atom stereocenters. The molecule has 0 saturated heterocycles. The molecule has 1 aromatic carbocycles. The van der Waals surface area contributed by atoms with Gasteiger partial charge in [-0.15, -0.1) is 0 Å². The molecule has 0 aliphatic carbocycles. The number of ether oxygens (including phenoxy) is 1. The van der Waals surface area contributed by atoms with E-state index in [-0.39, 0.29) is 23.1 Å². The van der Waals surface area contributed by atoms with E-state index in [4.69, 9.17) is 10.5 Å². The Morgan fingerprint density at radius 2 is 1.76 bits per heavy atom. The van der Waals surface area contributed by atoms with Crippen LogP contribution in [-0.4, -0.2) is 14.8 Å². The van der Waals surface area contributed by atoms with Gasteiger partial charge < -0.3 is 10.5 Å². The third-order valence-electron chi connectivity index (χ3n) is 2.60. The molecule has 9 nitrogen and oxygen atoms in total. The smallest absolute Gasteiger partial charge is 0.278 e. The largest absolute Gasteiger partial charge is 0.438 e. The molecule has 0 aliphatic rings. The molecule has 108 valence electrons. The lowest BCUT2D eigenvalue weighted by atomic mass is 10.2. The number of nitrogen functional groups attached to an aromatic ring is 1. The fraction of sp³-hybridized carbons (Fsp3) is 0.0833. The van der Waals surface area contributed by atoms with Crippen molar-refractivity contribution in [3.63, 3.8) is 0 Å². The van der Waals surface area contributed by atoms with Gasteiger partial charge in [0.05, 0.1) is 22.0 Å². The van der Waals surface area contributed by atoms with Gasteiger partial charge in [-0.05, 0) is 18.6 Å². The van der Waals surface area contributed by atoms with Crippen LogP contribution in [0.25, 0.3) is 0 Å². The first-order chi connectivity index (χ1) is 9.86. The van der Waals surface area contributed by atoms with E-state index in [1.54, 1.807) is 6.92 Å². The average molecular weight is 290 g/mol. The molecule has 1 aromatic heterocycles. The molecule has 21 heavy (non-hydrogen) atoms. The van der Waals surface area contributed by atoms with Gasteiger partial charge in [-0.1, -0.05) is 0 Å². The first kappa shape index (κ1) is 14.2. The summed E-state index contributed by atoms with van der Waals surface area (Å²) >= 11 is 0. The number of hydrogen-bond acceptors (Lipinski definition) is 7. The summed E-state index contributed by atoms with van der Waals surface area (Å²) in [6.45, 7) is 1.61. The summed E-state index contributed by atoms with van der Waals surface area (Å²) in [5, 5.41) is 21.4. The number of non-ortho nitro benzene ring substituents is 1. The van der Waals surface area contributed by atoms with Gasteiger partial charge in [0.15, 0.2) is 0 Å². The lowest BCUT2D eigenvalue weighted by Crippen LogP contribution is -1.98. The molecule has 0 aliphatic heterocycles. The number of benzene rings is 1. The zero-order chi connectivity index (χ0) is 15.6. The van der Waals surface area contributed by atoms with Crippen LogP contribution in [0.3, 0.4) is 0 Å². The number of nitro groups is 2. The van der Waals surface area contributed by atoms with Crippen LogP contribution in [0.1, 0.15) is 5.56 Å². The number of nitrogens with zero attached hydrogens (tertiary/aromatic N) is 3. The van der Waals surface area contributed by atoms with Gasteiger partial charge in [0.1, 0.15) is 11.6 Å². The molecule has 2 aromatic rings. The molecule has 2 N–H and O–H groups in total. The second kappa shape index (κ2) is 5.41. The topological polar surface area (TPSA) is 134 Å². The summed E-state index contributed by atoms with van der Waals surface area (Å²) in [6, 6.07) is 6.22. The lowest BCUT2D eigenvalue weighted by Gasteiger charge is -2.08. The number of aryl methyl sites for hydroxylation is 1. The summed E-state index contributed by atoms with van der Waals surface area (Å²) < 4.78 is 5.40. The summed E-state index contributed by atoms with van der Waals surface area (Å²) in [7, 11) is 0. The van der Waals surface area contributed by atoms with Crippen molar-refractivity contribution in [1.82, 2.24) is 4.98 Å². The van der Waals surface area contributed by atoms with Crippen molar-refractivity contribution < 1.29 is 14.6 Å². The van der Waals surface area contributed by atoms with E-state index >= 15 is 0 Å². The second-order valence-electron chi connectivity index (χ2n) is 4.15. The Kier molecular flexibility index (Phi) is 3.65. The van der Waals surface area contributed by atoms with Crippen LogP contribution in [0.15, 0.2) is 30.3 Å². The summed E-state index contributed by atoms with van der Waals surface area (Å²) in [5.74, 6) is 0.186. The predicted molar refractivity (Wildman–Crippen MR) is 73.2 cm³/mol. The number of hydrogen-bond donors (Lipinski definition) is 1. The maximum atomic E-state index is 10.7. The number of aromatic nitrogens is 1. The van der Waals surface area contributed by atoms with Crippen LogP contribution >= 0.6 is 0 Å². The molecule has 0 bridgehead atoms. The molecule has 1 heterocycles. The van der Waals surface area contributed by atoms with E-state index in [9.17, 15) is 20.2 Å². The van der Waals surface area contributed by atoms with Gasteiger partial charge in [0.25, 0.3) is 11.4 Å². The van der Waals surface area contributed by atoms with Gasteiger partial charge >= 0.3 is 0 Å². The van der Waals surface area contributed by atoms with Gasteiger partial charge in [0, 0.05) is 12.1 Å². The first-order valence-electron chi connectivity index (χ1n) is 5.71. The Morgan fingerprint density at radius 3 is 2.33 bits per heavy atom. The maximum absolute atomic E-state index is 10.7. The highest BCUT2D eigenvalue weighted by Gasteiger charge is 2.14. The van der Waals surface area contributed by atoms with Crippen LogP contribution < -0.4 is 10.5 Å². The number of pyridine rings is 1. The number of nitrogens with two attached hydrogens (primary N) is 1. The van der Waals surface area contributed by atoms with Crippen LogP contribution in [0.5, 0.6) is 11.6 Å². The number of rotatable bonds is 4. The fourth-order valence-corrected chi connectivity index (χ4v) is 1.64. The zero-order valence-electron chi connectivity index (χ0n) is 10.8. The molecule has 0 saturated carbocycles. The van der Waals surface area contributed by atoms with Crippen LogP contribution in [0.2, 0.25) is 0 Å². The van der Waals surface area contributed by atoms with Crippen molar-refractivity contribution in [2.75, 3.05) is 5.73 Å². The number of nitro benzene ring substituents is 1. The summed E-state index contributed by atoms with van der Waals surface area (Å²) in [5.41, 5.74) is 5.63. The maximum Gasteiger partial charge on any atom is 0.278 e. The molecular formula is C12H10N4O5. The zero-order valence-corrected chi connectivity index (χ0v) is 10.8. The van der Waals surface area contributed by atoms with Crippen LogP contribution in [0.4, 0.5) is 17.2 Å². The normalized spacial score (nSPS) is 10.1. The third kappa shape index (κ3) is 3.21. The first-order valence-corrected chi connectivity index (χ1v) is 5.71. The van der Waals surface area contributed by atoms with E-state index in [0.717, 1.165) is 12.1 Å². The molecule has 2 rings (SSSR count). The highest BCUT2D eigenvalue weighted by Crippen LogP contribution is 2.29. The molecule has 0 amide bonds. The van der Waals surface area contributed by atoms with Gasteiger partial charge in [-0.2, -0.15) is 4.98 Å². The molecular weight excluding hydrogens is 280 g/mol. The Bertz CT molecular complexity index is 732. The molecule has 9 heteroatoms. The van der Waals surface area contributed by atoms with Crippen LogP contribution in [-0.2, 0) is 0 Å². The third-order valence-corrected chi connectivity index (χ3v) is 2.60. The monoisotopic (exact) mass is 290 g/mol. The molecule has 0 radical (unpaired) electrons. The Morgan fingerprint density at radius 1 is 1.10 bits per heavy atom. The minimum atomic E-state index is -0.617. The quantitative estimate of drug-likeness (QED) is 0.675. The van der Waals surface area contributed by atoms with Gasteiger partial charge in [-0.3, -0.25) is 20.2 Å². The molecule has 0 fully saturated rings. The minimum Gasteiger partial charge on any atom is -0.438 e. The molecule has 0 spiro atoms. The molecule has 0 unspecified atom stereocenters. The predicted octanol–water partition coefficient (Wildman–Crippen LogP) is 2.58. The Hall–Kier alpha value is -3.23. The number of anilines is 1. The van der Waals surface area contributed by atoms with E-state index in [1.807, 2.05) is 0 Å². The summed E-state index contributed by atoms with van der Waals surface area (Å²) in [4.78, 5) is 24.1. The van der Waals surface area contributed by atoms with E-state index in [2.05, 4.69) is 4.98 Å². The van der Waals surface area contributed by atoms with Crippen molar-refractivity contribution in [3.8, 4) is 11.6 Å². The van der Waals surface area contributed by atoms with Crippen molar-refractivity contribution >= 4 is 17.2 Å². The minimum absolute atomic E-state index is 0.0567. The van der Waals surface area contributed by atoms with Crippen molar-refractivity contribution in [1.29, 1.82) is 0 Å². The highest BCUT2D eigenvalue weighted by atomic mass is 16.6. The average Bonchev–Trinajstić information content (AvgIpc) is 2.40. The highest BCUT2D eigenvalue weighted by molar-refractivity contribution is 5.48. The van der Waals surface area contributed by atoms with Crippen molar-refractivity contribution in [3.05, 3.63) is 56.1 Å². The van der Waals surface area contributed by atoms with E-state index < -0.39 is 9.85 Å². The SMILES string of the molecule is Cc1cc([N+](=O)[O-])ccc1Oc1cc([N+](=O)[O-])cc(N)n1. The second-order valence-corrected chi connectivity index (χ2v) is 4.15. The standard InChI is InChI=1S/C12H10N4O5/c1-7-4-8(15(17)18)2-3-10(7)21-12-6-9(16(19)20)5-11(13)14-12/h2-6H,1H3,(H2,13,14). The fourth-order valence-electron chi connectivity index (χ4n) is 1.64. The van der Waals surface area contributed by atoms with Crippen molar-refractivity contribution in [2.24, 2.45) is 0 Å². The van der Waals surface area contributed by atoms with E-state index in [1.165, 1.54) is 18.2 Å². The van der Waals surface area contributed by atoms with E-state index in [0.29, 0.717) is 11.3 Å². The summed E-state index contributed by atoms with van der Waals surface area (Å²) in [6.07, 6.45) is 0. The van der Waals surface area contributed by atoms with Crippen LogP contribution in [0, 0.1) is 27.2 Å². The van der Waals surface area contributed by atoms with Gasteiger partial charge in [0.2, 0.25) is 5.88 Å². The lowest BCUT2D eigenvalue weighted by molar-refractivity contribution is -0.385. The van der Waals surface area contributed by atoms with Crippen molar-refractivity contribution in [2.45, 2.75) is 6.92 Å².